The van der Waals surface area contributed by atoms with Gasteiger partial charge in [-0.15, -0.1) is 0 Å². The SMILES string of the molecule is C=C(C1CCC(/C=C/C#N)CC1)C1CCC(c2ccc(F)c(F)c2)CC1. The fourth-order valence-electron chi connectivity index (χ4n) is 4.76. The highest BCUT2D eigenvalue weighted by atomic mass is 19.2. The molecule has 0 N–H and O–H groups in total. The van der Waals surface area contributed by atoms with Crippen molar-refractivity contribution < 1.29 is 8.78 Å². The Labute approximate surface area is 155 Å². The Morgan fingerprint density at radius 1 is 0.962 bits per heavy atom. The molecule has 0 atom stereocenters. The summed E-state index contributed by atoms with van der Waals surface area (Å²) in [5, 5.41) is 8.65. The lowest BCUT2D eigenvalue weighted by atomic mass is 9.70. The number of rotatable bonds is 4. The zero-order valence-electron chi connectivity index (χ0n) is 15.3. The van der Waals surface area contributed by atoms with Gasteiger partial charge in [0, 0.05) is 6.08 Å². The molecule has 2 aliphatic carbocycles. The van der Waals surface area contributed by atoms with Crippen molar-refractivity contribution in [3.05, 3.63) is 59.7 Å². The summed E-state index contributed by atoms with van der Waals surface area (Å²) in [7, 11) is 0. The molecule has 0 aliphatic heterocycles. The van der Waals surface area contributed by atoms with E-state index in [2.05, 4.69) is 12.6 Å². The van der Waals surface area contributed by atoms with Crippen molar-refractivity contribution in [2.24, 2.45) is 17.8 Å². The second-order valence-electron chi connectivity index (χ2n) is 7.90. The molecule has 0 bridgehead atoms. The van der Waals surface area contributed by atoms with Crippen LogP contribution in [-0.4, -0.2) is 0 Å². The summed E-state index contributed by atoms with van der Waals surface area (Å²) in [6.07, 6.45) is 12.5. The van der Waals surface area contributed by atoms with Crippen LogP contribution in [0.15, 0.2) is 42.5 Å². The smallest absolute Gasteiger partial charge is 0.159 e. The van der Waals surface area contributed by atoms with Crippen molar-refractivity contribution in [3.8, 4) is 6.07 Å². The fourth-order valence-corrected chi connectivity index (χ4v) is 4.76. The van der Waals surface area contributed by atoms with E-state index in [-0.39, 0.29) is 0 Å². The van der Waals surface area contributed by atoms with Crippen LogP contribution < -0.4 is 0 Å². The van der Waals surface area contributed by atoms with Crippen molar-refractivity contribution in [1.82, 2.24) is 0 Å². The monoisotopic (exact) mass is 355 g/mol. The van der Waals surface area contributed by atoms with Gasteiger partial charge in [0.15, 0.2) is 11.6 Å². The molecule has 1 aromatic rings. The van der Waals surface area contributed by atoms with Gasteiger partial charge in [-0.2, -0.15) is 5.26 Å². The summed E-state index contributed by atoms with van der Waals surface area (Å²) in [4.78, 5) is 0. The van der Waals surface area contributed by atoms with E-state index >= 15 is 0 Å². The summed E-state index contributed by atoms with van der Waals surface area (Å²) in [5.41, 5.74) is 2.33. The second-order valence-corrected chi connectivity index (χ2v) is 7.90. The minimum absolute atomic E-state index is 0.334. The molecule has 26 heavy (non-hydrogen) atoms. The van der Waals surface area contributed by atoms with Crippen LogP contribution in [-0.2, 0) is 0 Å². The maximum atomic E-state index is 13.5. The van der Waals surface area contributed by atoms with Crippen LogP contribution in [0.1, 0.15) is 62.8 Å². The van der Waals surface area contributed by atoms with Crippen LogP contribution in [0.4, 0.5) is 8.78 Å². The molecule has 0 aromatic heterocycles. The molecule has 0 spiro atoms. The Bertz CT molecular complexity index is 699. The molecular formula is C23H27F2N. The minimum Gasteiger partial charge on any atom is -0.204 e. The van der Waals surface area contributed by atoms with Gasteiger partial charge in [-0.3, -0.25) is 0 Å². The van der Waals surface area contributed by atoms with Gasteiger partial charge >= 0.3 is 0 Å². The molecular weight excluding hydrogens is 328 g/mol. The summed E-state index contributed by atoms with van der Waals surface area (Å²) >= 11 is 0. The lowest BCUT2D eigenvalue weighted by Crippen LogP contribution is -2.22. The van der Waals surface area contributed by atoms with Crippen molar-refractivity contribution in [1.29, 1.82) is 5.26 Å². The number of nitrogens with zero attached hydrogens (tertiary/aromatic N) is 1. The van der Waals surface area contributed by atoms with Crippen LogP contribution in [0.2, 0.25) is 0 Å². The van der Waals surface area contributed by atoms with Gasteiger partial charge in [0.05, 0.1) is 6.07 Å². The highest BCUT2D eigenvalue weighted by molar-refractivity contribution is 5.23. The van der Waals surface area contributed by atoms with Crippen LogP contribution in [0, 0.1) is 40.7 Å². The van der Waals surface area contributed by atoms with Crippen molar-refractivity contribution in [2.75, 3.05) is 0 Å². The summed E-state index contributed by atoms with van der Waals surface area (Å²) in [5.74, 6) is 0.537. The predicted molar refractivity (Wildman–Crippen MR) is 100 cm³/mol. The number of benzene rings is 1. The Kier molecular flexibility index (Phi) is 6.25. The largest absolute Gasteiger partial charge is 0.204 e. The molecule has 0 heterocycles. The number of allylic oxidation sites excluding steroid dienone is 3. The molecule has 1 nitrogen and oxygen atoms in total. The van der Waals surface area contributed by atoms with Crippen LogP contribution in [0.5, 0.6) is 0 Å². The lowest BCUT2D eigenvalue weighted by Gasteiger charge is -2.35. The van der Waals surface area contributed by atoms with E-state index in [0.717, 1.165) is 44.1 Å². The first kappa shape index (κ1) is 18.8. The number of hydrogen-bond acceptors (Lipinski definition) is 1. The predicted octanol–water partition coefficient (Wildman–Crippen LogP) is 6.68. The molecule has 2 aliphatic rings. The van der Waals surface area contributed by atoms with Crippen LogP contribution in [0.25, 0.3) is 0 Å². The molecule has 138 valence electrons. The van der Waals surface area contributed by atoms with E-state index in [4.69, 9.17) is 5.26 Å². The second kappa shape index (κ2) is 8.62. The Morgan fingerprint density at radius 3 is 2.15 bits per heavy atom. The van der Waals surface area contributed by atoms with E-state index in [9.17, 15) is 8.78 Å². The number of halogens is 2. The summed E-state index contributed by atoms with van der Waals surface area (Å²) in [6, 6.07) is 6.42. The van der Waals surface area contributed by atoms with Crippen molar-refractivity contribution >= 4 is 0 Å². The highest BCUT2D eigenvalue weighted by Crippen LogP contribution is 2.43. The summed E-state index contributed by atoms with van der Waals surface area (Å²) in [6.45, 7) is 4.43. The fraction of sp³-hybridized carbons (Fsp3) is 0.522. The van der Waals surface area contributed by atoms with Gasteiger partial charge < -0.3 is 0 Å². The van der Waals surface area contributed by atoms with Crippen LogP contribution in [0.3, 0.4) is 0 Å². The Balaban J connectivity index is 1.50. The molecule has 2 fully saturated rings. The Hall–Kier alpha value is -1.95. The average Bonchev–Trinajstić information content (AvgIpc) is 2.68. The zero-order valence-corrected chi connectivity index (χ0v) is 15.3. The minimum atomic E-state index is -0.768. The normalized spacial score (nSPS) is 29.4. The maximum absolute atomic E-state index is 13.5. The van der Waals surface area contributed by atoms with E-state index < -0.39 is 11.6 Å². The first-order valence-corrected chi connectivity index (χ1v) is 9.78. The van der Waals surface area contributed by atoms with Crippen molar-refractivity contribution in [2.45, 2.75) is 57.3 Å². The van der Waals surface area contributed by atoms with Gasteiger partial charge in [-0.25, -0.2) is 8.78 Å². The molecule has 2 saturated carbocycles. The van der Waals surface area contributed by atoms with Crippen LogP contribution >= 0.6 is 0 Å². The zero-order chi connectivity index (χ0) is 18.5. The average molecular weight is 355 g/mol. The standard InChI is InChI=1S/C23H27F2N/c1-16(18-6-4-17(5-7-18)3-2-14-26)19-8-10-20(11-9-19)21-12-13-22(24)23(25)15-21/h2-3,12-13,15,17-20H,1,4-11H2/b3-2+. The molecule has 3 heteroatoms. The molecule has 0 amide bonds. The molecule has 1 aromatic carbocycles. The Morgan fingerprint density at radius 2 is 1.58 bits per heavy atom. The molecule has 3 rings (SSSR count). The van der Waals surface area contributed by atoms with Gasteiger partial charge in [0.25, 0.3) is 0 Å². The molecule has 0 saturated heterocycles. The highest BCUT2D eigenvalue weighted by Gasteiger charge is 2.29. The maximum Gasteiger partial charge on any atom is 0.159 e. The molecule has 0 radical (unpaired) electrons. The first-order chi connectivity index (χ1) is 12.6. The van der Waals surface area contributed by atoms with E-state index in [1.165, 1.54) is 30.5 Å². The molecule has 0 unspecified atom stereocenters. The van der Waals surface area contributed by atoms with Gasteiger partial charge in [-0.05, 0) is 92.7 Å². The third-order valence-electron chi connectivity index (χ3n) is 6.41. The summed E-state index contributed by atoms with van der Waals surface area (Å²) < 4.78 is 26.6. The van der Waals surface area contributed by atoms with Gasteiger partial charge in [0.2, 0.25) is 0 Å². The quantitative estimate of drug-likeness (QED) is 0.436. The number of nitriles is 1. The number of hydrogen-bond donors (Lipinski definition) is 0. The van der Waals surface area contributed by atoms with Gasteiger partial charge in [-0.1, -0.05) is 24.3 Å². The van der Waals surface area contributed by atoms with Gasteiger partial charge in [0.1, 0.15) is 0 Å². The van der Waals surface area contributed by atoms with E-state index in [1.807, 2.05) is 6.08 Å². The van der Waals surface area contributed by atoms with E-state index in [0.29, 0.717) is 23.7 Å². The first-order valence-electron chi connectivity index (χ1n) is 9.78. The topological polar surface area (TPSA) is 23.8 Å². The third-order valence-corrected chi connectivity index (χ3v) is 6.41. The lowest BCUT2D eigenvalue weighted by molar-refractivity contribution is 0.290. The van der Waals surface area contributed by atoms with E-state index in [1.54, 1.807) is 12.1 Å². The van der Waals surface area contributed by atoms with Crippen molar-refractivity contribution in [3.63, 3.8) is 0 Å². The third kappa shape index (κ3) is 4.41.